The van der Waals surface area contributed by atoms with Gasteiger partial charge in [0.15, 0.2) is 0 Å². The van der Waals surface area contributed by atoms with E-state index in [2.05, 4.69) is 10.3 Å². The van der Waals surface area contributed by atoms with E-state index in [9.17, 15) is 14.0 Å². The smallest absolute Gasteiger partial charge is 0.265 e. The van der Waals surface area contributed by atoms with Gasteiger partial charge in [-0.2, -0.15) is 0 Å². The Balaban J connectivity index is 1.76. The van der Waals surface area contributed by atoms with Crippen LogP contribution in [0, 0.1) is 5.82 Å². The number of nitrogens with zero attached hydrogens (tertiary/aromatic N) is 2. The molecule has 0 aliphatic carbocycles. The quantitative estimate of drug-likeness (QED) is 0.499. The van der Waals surface area contributed by atoms with Gasteiger partial charge in [0.2, 0.25) is 0 Å². The summed E-state index contributed by atoms with van der Waals surface area (Å²) >= 11 is 0. The molecular formula is C24H20FN3O4. The summed E-state index contributed by atoms with van der Waals surface area (Å²) < 4.78 is 25.2. The molecule has 0 aliphatic rings. The monoisotopic (exact) mass is 433 g/mol. The van der Waals surface area contributed by atoms with Crippen LogP contribution in [0.15, 0.2) is 71.7 Å². The van der Waals surface area contributed by atoms with Crippen LogP contribution in [-0.2, 0) is 6.54 Å². The number of amides is 1. The fraction of sp³-hybridized carbons (Fsp3) is 0.125. The van der Waals surface area contributed by atoms with Crippen LogP contribution in [0.25, 0.3) is 11.0 Å². The number of ether oxygens (including phenoxy) is 2. The van der Waals surface area contributed by atoms with Crippen molar-refractivity contribution in [2.75, 3.05) is 19.5 Å². The van der Waals surface area contributed by atoms with Crippen molar-refractivity contribution in [3.05, 3.63) is 94.2 Å². The first-order valence-corrected chi connectivity index (χ1v) is 9.76. The van der Waals surface area contributed by atoms with Crippen molar-refractivity contribution < 1.29 is 18.7 Å². The topological polar surface area (TPSA) is 82.5 Å². The van der Waals surface area contributed by atoms with E-state index in [1.54, 1.807) is 48.7 Å². The SMILES string of the molecule is COc1ccc(NC(=O)c2cc3cccnc3n(Cc3ccc(F)cc3)c2=O)c(OC)c1. The summed E-state index contributed by atoms with van der Waals surface area (Å²) in [5.41, 5.74) is 0.972. The number of nitrogens with one attached hydrogen (secondary N) is 1. The minimum Gasteiger partial charge on any atom is -0.497 e. The summed E-state index contributed by atoms with van der Waals surface area (Å²) in [6.07, 6.45) is 1.57. The molecule has 1 N–H and O–H groups in total. The molecule has 8 heteroatoms. The molecule has 1 amide bonds. The number of hydrogen-bond donors (Lipinski definition) is 1. The molecule has 0 bridgehead atoms. The number of anilines is 1. The Labute approximate surface area is 183 Å². The zero-order valence-electron chi connectivity index (χ0n) is 17.5. The maximum Gasteiger partial charge on any atom is 0.265 e. The van der Waals surface area contributed by atoms with Crippen molar-refractivity contribution >= 4 is 22.6 Å². The Hall–Kier alpha value is -4.20. The molecule has 0 spiro atoms. The Morgan fingerprint density at radius 2 is 1.84 bits per heavy atom. The van der Waals surface area contributed by atoms with Crippen molar-refractivity contribution in [3.63, 3.8) is 0 Å². The minimum absolute atomic E-state index is 0.0505. The van der Waals surface area contributed by atoms with Crippen LogP contribution in [0.3, 0.4) is 0 Å². The summed E-state index contributed by atoms with van der Waals surface area (Å²) in [6.45, 7) is 0.138. The Bertz CT molecular complexity index is 1350. The van der Waals surface area contributed by atoms with Gasteiger partial charge >= 0.3 is 0 Å². The van der Waals surface area contributed by atoms with Crippen LogP contribution in [-0.4, -0.2) is 29.7 Å². The van der Waals surface area contributed by atoms with Gasteiger partial charge in [0, 0.05) is 17.6 Å². The second-order valence-electron chi connectivity index (χ2n) is 7.01. The molecule has 162 valence electrons. The lowest BCUT2D eigenvalue weighted by atomic mass is 10.1. The zero-order chi connectivity index (χ0) is 22.7. The Morgan fingerprint density at radius 3 is 2.56 bits per heavy atom. The number of fused-ring (bicyclic) bond motifs is 1. The fourth-order valence-electron chi connectivity index (χ4n) is 3.38. The third kappa shape index (κ3) is 4.15. The second kappa shape index (κ2) is 8.89. The van der Waals surface area contributed by atoms with E-state index in [4.69, 9.17) is 9.47 Å². The number of aromatic nitrogens is 2. The van der Waals surface area contributed by atoms with Crippen molar-refractivity contribution in [3.8, 4) is 11.5 Å². The van der Waals surface area contributed by atoms with Crippen molar-refractivity contribution in [2.24, 2.45) is 0 Å². The highest BCUT2D eigenvalue weighted by Gasteiger charge is 2.18. The van der Waals surface area contributed by atoms with Gasteiger partial charge in [-0.25, -0.2) is 9.37 Å². The van der Waals surface area contributed by atoms with Crippen LogP contribution in [0.5, 0.6) is 11.5 Å². The Kier molecular flexibility index (Phi) is 5.85. The lowest BCUT2D eigenvalue weighted by Crippen LogP contribution is -2.30. The highest BCUT2D eigenvalue weighted by Crippen LogP contribution is 2.29. The molecule has 0 aliphatic heterocycles. The van der Waals surface area contributed by atoms with E-state index in [-0.39, 0.29) is 17.9 Å². The number of pyridine rings is 2. The summed E-state index contributed by atoms with van der Waals surface area (Å²) in [7, 11) is 3.00. The molecule has 0 radical (unpaired) electrons. The van der Waals surface area contributed by atoms with Gasteiger partial charge in [-0.05, 0) is 48.0 Å². The fourth-order valence-corrected chi connectivity index (χ4v) is 3.38. The first kappa shape index (κ1) is 21.0. The summed E-state index contributed by atoms with van der Waals surface area (Å²) in [4.78, 5) is 30.7. The zero-order valence-corrected chi connectivity index (χ0v) is 17.5. The molecular weight excluding hydrogens is 413 g/mol. The molecule has 32 heavy (non-hydrogen) atoms. The van der Waals surface area contributed by atoms with E-state index in [0.29, 0.717) is 33.8 Å². The average molecular weight is 433 g/mol. The minimum atomic E-state index is -0.586. The number of carbonyl (C=O) groups excluding carboxylic acids is 1. The van der Waals surface area contributed by atoms with Crippen LogP contribution < -0.4 is 20.3 Å². The predicted octanol–water partition coefficient (Wildman–Crippen LogP) is 3.85. The molecule has 2 aromatic heterocycles. The van der Waals surface area contributed by atoms with Crippen LogP contribution in [0.4, 0.5) is 10.1 Å². The van der Waals surface area contributed by atoms with Crippen LogP contribution in [0.2, 0.25) is 0 Å². The van der Waals surface area contributed by atoms with Crippen molar-refractivity contribution in [1.82, 2.24) is 9.55 Å². The number of benzene rings is 2. The molecule has 4 rings (SSSR count). The summed E-state index contributed by atoms with van der Waals surface area (Å²) in [5, 5.41) is 3.36. The third-order valence-electron chi connectivity index (χ3n) is 5.00. The highest BCUT2D eigenvalue weighted by molar-refractivity contribution is 6.06. The molecule has 7 nitrogen and oxygen atoms in total. The summed E-state index contributed by atoms with van der Waals surface area (Å²) in [6, 6.07) is 15.8. The second-order valence-corrected chi connectivity index (χ2v) is 7.01. The molecule has 0 saturated heterocycles. The maximum absolute atomic E-state index is 13.3. The van der Waals surface area contributed by atoms with Gasteiger partial charge in [-0.1, -0.05) is 12.1 Å². The lowest BCUT2D eigenvalue weighted by molar-refractivity contribution is 0.102. The lowest BCUT2D eigenvalue weighted by Gasteiger charge is -2.14. The van der Waals surface area contributed by atoms with Gasteiger partial charge in [-0.15, -0.1) is 0 Å². The molecule has 4 aromatic rings. The number of carbonyl (C=O) groups is 1. The first-order chi connectivity index (χ1) is 15.5. The molecule has 0 atom stereocenters. The number of halogens is 1. The van der Waals surface area contributed by atoms with E-state index in [1.165, 1.54) is 37.0 Å². The Morgan fingerprint density at radius 1 is 1.06 bits per heavy atom. The molecule has 0 unspecified atom stereocenters. The number of hydrogen-bond acceptors (Lipinski definition) is 5. The molecule has 2 aromatic carbocycles. The number of methoxy groups -OCH3 is 2. The van der Waals surface area contributed by atoms with Crippen LogP contribution >= 0.6 is 0 Å². The van der Waals surface area contributed by atoms with Crippen molar-refractivity contribution in [1.29, 1.82) is 0 Å². The van der Waals surface area contributed by atoms with Gasteiger partial charge in [0.25, 0.3) is 11.5 Å². The van der Waals surface area contributed by atoms with E-state index in [0.717, 1.165) is 0 Å². The van der Waals surface area contributed by atoms with E-state index in [1.807, 2.05) is 0 Å². The largest absolute Gasteiger partial charge is 0.497 e. The van der Waals surface area contributed by atoms with Gasteiger partial charge in [-0.3, -0.25) is 14.2 Å². The molecule has 2 heterocycles. The van der Waals surface area contributed by atoms with Gasteiger partial charge < -0.3 is 14.8 Å². The molecule has 0 saturated carbocycles. The van der Waals surface area contributed by atoms with Gasteiger partial charge in [0.05, 0.1) is 26.5 Å². The third-order valence-corrected chi connectivity index (χ3v) is 5.00. The molecule has 0 fully saturated rings. The van der Waals surface area contributed by atoms with Crippen LogP contribution in [0.1, 0.15) is 15.9 Å². The number of rotatable bonds is 6. The first-order valence-electron chi connectivity index (χ1n) is 9.76. The predicted molar refractivity (Wildman–Crippen MR) is 119 cm³/mol. The summed E-state index contributed by atoms with van der Waals surface area (Å²) in [5.74, 6) is 0.00722. The van der Waals surface area contributed by atoms with Gasteiger partial charge in [0.1, 0.15) is 28.5 Å². The van der Waals surface area contributed by atoms with E-state index < -0.39 is 11.5 Å². The highest BCUT2D eigenvalue weighted by atomic mass is 19.1. The van der Waals surface area contributed by atoms with E-state index >= 15 is 0 Å². The van der Waals surface area contributed by atoms with Crippen molar-refractivity contribution in [2.45, 2.75) is 6.54 Å². The average Bonchev–Trinajstić information content (AvgIpc) is 2.82. The maximum atomic E-state index is 13.3. The normalized spacial score (nSPS) is 10.7. The standard InChI is InChI=1S/C24H20FN3O4/c1-31-18-9-10-20(21(13-18)32-2)27-23(29)19-12-16-4-3-11-26-22(16)28(24(19)30)14-15-5-7-17(25)8-6-15/h3-13H,14H2,1-2H3,(H,27,29).